The van der Waals surface area contributed by atoms with Crippen LogP contribution in [0.2, 0.25) is 0 Å². The molecule has 0 bridgehead atoms. The molecular formula is C11H16N2O2. The summed E-state index contributed by atoms with van der Waals surface area (Å²) in [6.07, 6.45) is 4.34. The predicted octanol–water partition coefficient (Wildman–Crippen LogP) is 0.981. The molecule has 2 rings (SSSR count). The summed E-state index contributed by atoms with van der Waals surface area (Å²) in [4.78, 5) is 18.2. The lowest BCUT2D eigenvalue weighted by molar-refractivity contribution is -0.133. The molecule has 0 unspecified atom stereocenters. The lowest BCUT2D eigenvalue weighted by Crippen LogP contribution is -2.50. The van der Waals surface area contributed by atoms with Crippen LogP contribution >= 0.6 is 0 Å². The van der Waals surface area contributed by atoms with Crippen molar-refractivity contribution in [1.29, 1.82) is 0 Å². The van der Waals surface area contributed by atoms with E-state index in [1.165, 1.54) is 0 Å². The molecule has 1 fully saturated rings. The van der Waals surface area contributed by atoms with Crippen molar-refractivity contribution in [2.45, 2.75) is 31.3 Å². The van der Waals surface area contributed by atoms with Gasteiger partial charge in [-0.25, -0.2) is 4.99 Å². The first kappa shape index (κ1) is 10.2. The molecule has 4 heteroatoms. The third-order valence-corrected chi connectivity index (χ3v) is 2.99. The molecule has 82 valence electrons. The van der Waals surface area contributed by atoms with E-state index in [-0.39, 0.29) is 18.0 Å². The molecule has 2 aliphatic heterocycles. The highest BCUT2D eigenvalue weighted by atomic mass is 16.5. The summed E-state index contributed by atoms with van der Waals surface area (Å²) in [5, 5.41) is 0. The summed E-state index contributed by atoms with van der Waals surface area (Å²) in [7, 11) is 1.62. The van der Waals surface area contributed by atoms with Gasteiger partial charge in [0.05, 0.1) is 7.11 Å². The van der Waals surface area contributed by atoms with Gasteiger partial charge in [0.2, 0.25) is 11.8 Å². The van der Waals surface area contributed by atoms with E-state index in [0.29, 0.717) is 12.3 Å². The highest BCUT2D eigenvalue weighted by Gasteiger charge is 2.40. The number of carbonyl (C=O) groups excluding carboxylic acids is 1. The standard InChI is InChI=1S/C11H16N2O2/c1-3-5-8-11(14)13-7-4-6-9(13)10(12-8)15-2/h3,8-9H,1,4-7H2,2H3/t8-,9+/m1/s1. The smallest absolute Gasteiger partial charge is 0.248 e. The number of amides is 1. The molecule has 0 N–H and O–H groups in total. The number of ether oxygens (including phenoxy) is 1. The van der Waals surface area contributed by atoms with Gasteiger partial charge in [-0.1, -0.05) is 6.08 Å². The first-order valence-corrected chi connectivity index (χ1v) is 5.31. The van der Waals surface area contributed by atoms with Crippen molar-refractivity contribution in [3.8, 4) is 0 Å². The molecule has 0 spiro atoms. The zero-order valence-corrected chi connectivity index (χ0v) is 8.98. The fraction of sp³-hybridized carbons (Fsp3) is 0.636. The monoisotopic (exact) mass is 208 g/mol. The average Bonchev–Trinajstić information content (AvgIpc) is 2.71. The molecule has 0 aliphatic carbocycles. The predicted molar refractivity (Wildman–Crippen MR) is 57.8 cm³/mol. The summed E-state index contributed by atoms with van der Waals surface area (Å²) < 4.78 is 5.25. The van der Waals surface area contributed by atoms with Gasteiger partial charge in [0.1, 0.15) is 12.1 Å². The molecule has 2 atom stereocenters. The van der Waals surface area contributed by atoms with Gasteiger partial charge in [0, 0.05) is 6.54 Å². The molecule has 1 amide bonds. The van der Waals surface area contributed by atoms with E-state index < -0.39 is 0 Å². The fourth-order valence-electron chi connectivity index (χ4n) is 2.27. The fourth-order valence-corrected chi connectivity index (χ4v) is 2.27. The molecule has 0 aromatic rings. The molecule has 0 aromatic carbocycles. The highest BCUT2D eigenvalue weighted by Crippen LogP contribution is 2.25. The summed E-state index contributed by atoms with van der Waals surface area (Å²) in [6.45, 7) is 4.48. The number of methoxy groups -OCH3 is 1. The minimum absolute atomic E-state index is 0.0866. The van der Waals surface area contributed by atoms with Gasteiger partial charge in [-0.3, -0.25) is 4.79 Å². The van der Waals surface area contributed by atoms with Crippen LogP contribution in [0, 0.1) is 0 Å². The maximum atomic E-state index is 12.0. The Bertz CT molecular complexity index is 312. The molecule has 0 saturated carbocycles. The van der Waals surface area contributed by atoms with E-state index in [1.807, 2.05) is 4.90 Å². The molecule has 2 aliphatic rings. The molecule has 1 saturated heterocycles. The molecule has 15 heavy (non-hydrogen) atoms. The summed E-state index contributed by atoms with van der Waals surface area (Å²) in [6, 6.07) is -0.227. The Labute approximate surface area is 89.6 Å². The molecule has 0 radical (unpaired) electrons. The van der Waals surface area contributed by atoms with E-state index in [2.05, 4.69) is 11.6 Å². The summed E-state index contributed by atoms with van der Waals surface area (Å²) in [5.41, 5.74) is 0. The SMILES string of the molecule is C=CC[C@H]1N=C(OC)[C@@H]2CCCN2C1=O. The number of fused-ring (bicyclic) bond motifs is 1. The normalized spacial score (nSPS) is 29.8. The second kappa shape index (κ2) is 4.04. The van der Waals surface area contributed by atoms with E-state index in [0.717, 1.165) is 19.4 Å². The first-order valence-electron chi connectivity index (χ1n) is 5.31. The number of nitrogens with zero attached hydrogens (tertiary/aromatic N) is 2. The van der Waals surface area contributed by atoms with Crippen LogP contribution in [0.5, 0.6) is 0 Å². The highest BCUT2D eigenvalue weighted by molar-refractivity contribution is 5.96. The number of aliphatic imine (C=N–C) groups is 1. The molecular weight excluding hydrogens is 192 g/mol. The van der Waals surface area contributed by atoms with Crippen molar-refractivity contribution >= 4 is 11.8 Å². The van der Waals surface area contributed by atoms with Crippen molar-refractivity contribution in [3.63, 3.8) is 0 Å². The van der Waals surface area contributed by atoms with Gasteiger partial charge in [-0.15, -0.1) is 6.58 Å². The maximum Gasteiger partial charge on any atom is 0.248 e. The van der Waals surface area contributed by atoms with Crippen LogP contribution in [0.1, 0.15) is 19.3 Å². The summed E-state index contributed by atoms with van der Waals surface area (Å²) in [5.74, 6) is 0.831. The number of hydrogen-bond acceptors (Lipinski definition) is 3. The Morgan fingerprint density at radius 1 is 1.73 bits per heavy atom. The van der Waals surface area contributed by atoms with Gasteiger partial charge in [-0.05, 0) is 19.3 Å². The van der Waals surface area contributed by atoms with Gasteiger partial charge in [-0.2, -0.15) is 0 Å². The number of carbonyl (C=O) groups is 1. The lowest BCUT2D eigenvalue weighted by atomic mass is 10.1. The van der Waals surface area contributed by atoms with E-state index >= 15 is 0 Å². The Kier molecular flexibility index (Phi) is 2.75. The second-order valence-corrected chi connectivity index (χ2v) is 3.90. The van der Waals surface area contributed by atoms with Gasteiger partial charge in [0.25, 0.3) is 0 Å². The number of rotatable bonds is 2. The minimum Gasteiger partial charge on any atom is -0.483 e. The Balaban J connectivity index is 2.26. The topological polar surface area (TPSA) is 41.9 Å². The summed E-state index contributed by atoms with van der Waals surface area (Å²) >= 11 is 0. The van der Waals surface area contributed by atoms with Crippen molar-refractivity contribution in [2.24, 2.45) is 4.99 Å². The quantitative estimate of drug-likeness (QED) is 0.635. The number of hydrogen-bond donors (Lipinski definition) is 0. The van der Waals surface area contributed by atoms with Crippen LogP contribution < -0.4 is 0 Å². The third-order valence-electron chi connectivity index (χ3n) is 2.99. The van der Waals surface area contributed by atoms with Crippen LogP contribution in [-0.2, 0) is 9.53 Å². The van der Waals surface area contributed by atoms with Gasteiger partial charge < -0.3 is 9.64 Å². The largest absolute Gasteiger partial charge is 0.483 e. The van der Waals surface area contributed by atoms with Crippen LogP contribution in [-0.4, -0.2) is 42.4 Å². The third kappa shape index (κ3) is 1.64. The van der Waals surface area contributed by atoms with Gasteiger partial charge in [0.15, 0.2) is 0 Å². The van der Waals surface area contributed by atoms with E-state index in [9.17, 15) is 4.79 Å². The van der Waals surface area contributed by atoms with Gasteiger partial charge >= 0.3 is 0 Å². The van der Waals surface area contributed by atoms with Crippen molar-refractivity contribution < 1.29 is 9.53 Å². The zero-order valence-electron chi connectivity index (χ0n) is 8.98. The van der Waals surface area contributed by atoms with Crippen molar-refractivity contribution in [3.05, 3.63) is 12.7 Å². The van der Waals surface area contributed by atoms with Crippen LogP contribution in [0.15, 0.2) is 17.6 Å². The molecule has 4 nitrogen and oxygen atoms in total. The zero-order chi connectivity index (χ0) is 10.8. The minimum atomic E-state index is -0.313. The Hall–Kier alpha value is -1.32. The van der Waals surface area contributed by atoms with Crippen LogP contribution in [0.3, 0.4) is 0 Å². The van der Waals surface area contributed by atoms with Crippen LogP contribution in [0.25, 0.3) is 0 Å². The van der Waals surface area contributed by atoms with E-state index in [4.69, 9.17) is 4.74 Å². The Morgan fingerprint density at radius 2 is 2.53 bits per heavy atom. The van der Waals surface area contributed by atoms with Crippen molar-refractivity contribution in [2.75, 3.05) is 13.7 Å². The lowest BCUT2D eigenvalue weighted by Gasteiger charge is -2.32. The van der Waals surface area contributed by atoms with E-state index in [1.54, 1.807) is 13.2 Å². The van der Waals surface area contributed by atoms with Crippen LogP contribution in [0.4, 0.5) is 0 Å². The first-order chi connectivity index (χ1) is 7.27. The molecule has 0 aromatic heterocycles. The average molecular weight is 208 g/mol. The van der Waals surface area contributed by atoms with Crippen molar-refractivity contribution in [1.82, 2.24) is 4.90 Å². The molecule has 2 heterocycles. The second-order valence-electron chi connectivity index (χ2n) is 3.90. The maximum absolute atomic E-state index is 12.0. The Morgan fingerprint density at radius 3 is 3.20 bits per heavy atom.